The van der Waals surface area contributed by atoms with Gasteiger partial charge in [0.1, 0.15) is 0 Å². The molecular formula is C8H11NO2. The molecule has 1 aliphatic heterocycles. The third-order valence-electron chi connectivity index (χ3n) is 2.58. The number of hydrogen-bond acceptors (Lipinski definition) is 2. The highest BCUT2D eigenvalue weighted by Gasteiger charge is 2.38. The summed E-state index contributed by atoms with van der Waals surface area (Å²) in [6.45, 7) is 0. The van der Waals surface area contributed by atoms with Crippen molar-refractivity contribution in [2.45, 2.75) is 31.7 Å². The zero-order valence-corrected chi connectivity index (χ0v) is 6.30. The number of amides is 1. The van der Waals surface area contributed by atoms with Crippen molar-refractivity contribution in [3.8, 4) is 0 Å². The lowest BCUT2D eigenvalue weighted by Gasteiger charge is -2.22. The van der Waals surface area contributed by atoms with Gasteiger partial charge in [-0.15, -0.1) is 0 Å². The first kappa shape index (κ1) is 6.83. The average molecular weight is 153 g/mol. The van der Waals surface area contributed by atoms with E-state index in [-0.39, 0.29) is 17.7 Å². The predicted molar refractivity (Wildman–Crippen MR) is 38.9 cm³/mol. The van der Waals surface area contributed by atoms with E-state index in [9.17, 15) is 9.59 Å². The Balaban J connectivity index is 2.15. The van der Waals surface area contributed by atoms with Crippen molar-refractivity contribution >= 4 is 11.7 Å². The molecule has 1 aliphatic carbocycles. The lowest BCUT2D eigenvalue weighted by molar-refractivity contribution is -0.125. The fraction of sp³-hybridized carbons (Fsp3) is 0.750. The highest BCUT2D eigenvalue weighted by atomic mass is 16.2. The maximum atomic E-state index is 11.2. The molecule has 1 amide bonds. The molecule has 1 heterocycles. The molecule has 0 spiro atoms. The van der Waals surface area contributed by atoms with Crippen molar-refractivity contribution in [3.05, 3.63) is 0 Å². The minimum atomic E-state index is -0.128. The smallest absolute Gasteiger partial charge is 0.220 e. The standard InChI is InChI=1S/C8H11NO2/c10-6-3-1-2-5-4-7(11)9-8(5)6/h5,8H,1-4H2,(H,9,11)/t5-,8+/m0/s1. The second kappa shape index (κ2) is 2.32. The van der Waals surface area contributed by atoms with E-state index in [0.717, 1.165) is 12.8 Å². The monoisotopic (exact) mass is 153 g/mol. The topological polar surface area (TPSA) is 46.2 Å². The quantitative estimate of drug-likeness (QED) is 0.542. The number of ketones is 1. The van der Waals surface area contributed by atoms with Crippen molar-refractivity contribution in [3.63, 3.8) is 0 Å². The Kier molecular flexibility index (Phi) is 1.44. The van der Waals surface area contributed by atoms with Crippen LogP contribution >= 0.6 is 0 Å². The van der Waals surface area contributed by atoms with Crippen LogP contribution < -0.4 is 5.32 Å². The van der Waals surface area contributed by atoms with Crippen LogP contribution in [-0.4, -0.2) is 17.7 Å². The van der Waals surface area contributed by atoms with Crippen LogP contribution in [-0.2, 0) is 9.59 Å². The van der Waals surface area contributed by atoms with Crippen molar-refractivity contribution < 1.29 is 9.59 Å². The first-order chi connectivity index (χ1) is 5.27. The fourth-order valence-corrected chi connectivity index (χ4v) is 2.01. The van der Waals surface area contributed by atoms with Crippen LogP contribution in [0, 0.1) is 5.92 Å². The largest absolute Gasteiger partial charge is 0.346 e. The minimum absolute atomic E-state index is 0.0512. The average Bonchev–Trinajstić information content (AvgIpc) is 2.31. The van der Waals surface area contributed by atoms with E-state index in [4.69, 9.17) is 0 Å². The van der Waals surface area contributed by atoms with Crippen LogP contribution in [0.4, 0.5) is 0 Å². The Hall–Kier alpha value is -0.860. The van der Waals surface area contributed by atoms with Crippen LogP contribution in [0.5, 0.6) is 0 Å². The molecule has 2 atom stereocenters. The van der Waals surface area contributed by atoms with Gasteiger partial charge in [-0.1, -0.05) is 0 Å². The van der Waals surface area contributed by atoms with Gasteiger partial charge in [0.15, 0.2) is 5.78 Å². The molecule has 0 unspecified atom stereocenters. The molecule has 0 radical (unpaired) electrons. The molecule has 2 fully saturated rings. The van der Waals surface area contributed by atoms with Crippen molar-refractivity contribution in [2.75, 3.05) is 0 Å². The van der Waals surface area contributed by atoms with Crippen LogP contribution in [0.1, 0.15) is 25.7 Å². The highest BCUT2D eigenvalue weighted by Crippen LogP contribution is 2.28. The van der Waals surface area contributed by atoms with Crippen LogP contribution in [0.15, 0.2) is 0 Å². The van der Waals surface area contributed by atoms with Gasteiger partial charge in [-0.3, -0.25) is 9.59 Å². The summed E-state index contributed by atoms with van der Waals surface area (Å²) in [5, 5.41) is 2.72. The molecule has 0 aromatic carbocycles. The van der Waals surface area contributed by atoms with Crippen molar-refractivity contribution in [1.82, 2.24) is 5.32 Å². The summed E-state index contributed by atoms with van der Waals surface area (Å²) in [6.07, 6.45) is 3.22. The van der Waals surface area contributed by atoms with Gasteiger partial charge in [0.25, 0.3) is 0 Å². The number of carbonyl (C=O) groups excluding carboxylic acids is 2. The molecule has 60 valence electrons. The molecule has 11 heavy (non-hydrogen) atoms. The van der Waals surface area contributed by atoms with Crippen LogP contribution in [0.25, 0.3) is 0 Å². The Bertz CT molecular complexity index is 212. The van der Waals surface area contributed by atoms with Gasteiger partial charge in [-0.05, 0) is 18.8 Å². The first-order valence-electron chi connectivity index (χ1n) is 4.09. The van der Waals surface area contributed by atoms with Gasteiger partial charge in [0.2, 0.25) is 5.91 Å². The van der Waals surface area contributed by atoms with E-state index in [2.05, 4.69) is 5.32 Å². The zero-order chi connectivity index (χ0) is 7.84. The van der Waals surface area contributed by atoms with Gasteiger partial charge in [0, 0.05) is 12.8 Å². The summed E-state index contributed by atoms with van der Waals surface area (Å²) in [5.74, 6) is 0.589. The normalized spacial score (nSPS) is 36.7. The molecule has 1 saturated heterocycles. The highest BCUT2D eigenvalue weighted by molar-refractivity contribution is 5.93. The summed E-state index contributed by atoms with van der Waals surface area (Å²) >= 11 is 0. The first-order valence-corrected chi connectivity index (χ1v) is 4.09. The number of Topliss-reactive ketones (excluding diaryl/α,β-unsaturated/α-hetero) is 1. The molecule has 2 aliphatic rings. The number of nitrogens with one attached hydrogen (secondary N) is 1. The van der Waals surface area contributed by atoms with E-state index < -0.39 is 0 Å². The molecule has 0 aromatic rings. The number of hydrogen-bond donors (Lipinski definition) is 1. The Morgan fingerprint density at radius 3 is 2.91 bits per heavy atom. The second-order valence-electron chi connectivity index (χ2n) is 3.37. The van der Waals surface area contributed by atoms with Crippen molar-refractivity contribution in [2.24, 2.45) is 5.92 Å². The molecule has 2 rings (SSSR count). The predicted octanol–water partition coefficient (Wildman–Crippen LogP) is 0.244. The third-order valence-corrected chi connectivity index (χ3v) is 2.58. The zero-order valence-electron chi connectivity index (χ0n) is 6.30. The fourth-order valence-electron chi connectivity index (χ4n) is 2.01. The summed E-state index contributed by atoms with van der Waals surface area (Å²) in [4.78, 5) is 22.1. The summed E-state index contributed by atoms with van der Waals surface area (Å²) in [7, 11) is 0. The molecule has 3 nitrogen and oxygen atoms in total. The van der Waals surface area contributed by atoms with E-state index in [1.165, 1.54) is 0 Å². The van der Waals surface area contributed by atoms with Crippen molar-refractivity contribution in [1.29, 1.82) is 0 Å². The van der Waals surface area contributed by atoms with E-state index in [0.29, 0.717) is 18.8 Å². The molecular weight excluding hydrogens is 142 g/mol. The lowest BCUT2D eigenvalue weighted by Crippen LogP contribution is -2.39. The molecule has 0 bridgehead atoms. The van der Waals surface area contributed by atoms with Crippen LogP contribution in [0.2, 0.25) is 0 Å². The lowest BCUT2D eigenvalue weighted by atomic mass is 9.85. The second-order valence-corrected chi connectivity index (χ2v) is 3.37. The maximum Gasteiger partial charge on any atom is 0.220 e. The van der Waals surface area contributed by atoms with E-state index in [1.807, 2.05) is 0 Å². The van der Waals surface area contributed by atoms with Gasteiger partial charge >= 0.3 is 0 Å². The summed E-state index contributed by atoms with van der Waals surface area (Å²) in [6, 6.07) is -0.128. The summed E-state index contributed by atoms with van der Waals surface area (Å²) in [5.41, 5.74) is 0. The van der Waals surface area contributed by atoms with Gasteiger partial charge in [-0.25, -0.2) is 0 Å². The molecule has 1 N–H and O–H groups in total. The SMILES string of the molecule is O=C1C[C@@H]2CCCC(=O)[C@@H]2N1. The minimum Gasteiger partial charge on any atom is -0.346 e. The third kappa shape index (κ3) is 1.04. The van der Waals surface area contributed by atoms with Gasteiger partial charge < -0.3 is 5.32 Å². The molecule has 1 saturated carbocycles. The number of rotatable bonds is 0. The van der Waals surface area contributed by atoms with Crippen LogP contribution in [0.3, 0.4) is 0 Å². The maximum absolute atomic E-state index is 11.2. The number of carbonyl (C=O) groups is 2. The Morgan fingerprint density at radius 1 is 1.36 bits per heavy atom. The van der Waals surface area contributed by atoms with Gasteiger partial charge in [0.05, 0.1) is 6.04 Å². The molecule has 3 heteroatoms. The molecule has 0 aromatic heterocycles. The van der Waals surface area contributed by atoms with E-state index >= 15 is 0 Å². The summed E-state index contributed by atoms with van der Waals surface area (Å²) < 4.78 is 0. The Morgan fingerprint density at radius 2 is 2.18 bits per heavy atom. The van der Waals surface area contributed by atoms with Gasteiger partial charge in [-0.2, -0.15) is 0 Å². The Labute approximate surface area is 65.2 Å². The number of fused-ring (bicyclic) bond motifs is 1. The van der Waals surface area contributed by atoms with E-state index in [1.54, 1.807) is 0 Å².